The second-order valence-electron chi connectivity index (χ2n) is 4.55. The maximum Gasteiger partial charge on any atom is 0.401 e. The standard InChI is InChI=1S/C9H15F3N2/c1-13-2-7-4-14(5-8(7)3-13)6-9(10,11)12/h7-8H,2-6H2,1H3/t7-,8+. The maximum absolute atomic E-state index is 12.1. The number of likely N-dealkylation sites (tertiary alicyclic amines) is 2. The molecule has 2 atom stereocenters. The van der Waals surface area contributed by atoms with E-state index in [2.05, 4.69) is 4.90 Å². The fourth-order valence-electron chi connectivity index (χ4n) is 2.71. The van der Waals surface area contributed by atoms with E-state index in [4.69, 9.17) is 0 Å². The molecule has 0 aromatic carbocycles. The molecule has 14 heavy (non-hydrogen) atoms. The Balaban J connectivity index is 1.86. The minimum absolute atomic E-state index is 0.461. The normalized spacial score (nSPS) is 35.1. The van der Waals surface area contributed by atoms with Gasteiger partial charge >= 0.3 is 6.18 Å². The van der Waals surface area contributed by atoms with Crippen LogP contribution in [0.3, 0.4) is 0 Å². The average Bonchev–Trinajstić information content (AvgIpc) is 2.39. The van der Waals surface area contributed by atoms with Gasteiger partial charge in [0, 0.05) is 26.2 Å². The van der Waals surface area contributed by atoms with Crippen molar-refractivity contribution < 1.29 is 13.2 Å². The molecule has 2 fully saturated rings. The zero-order chi connectivity index (χ0) is 10.3. The van der Waals surface area contributed by atoms with Crippen molar-refractivity contribution in [3.63, 3.8) is 0 Å². The highest BCUT2D eigenvalue weighted by molar-refractivity contribution is 4.92. The van der Waals surface area contributed by atoms with Crippen LogP contribution in [0, 0.1) is 11.8 Å². The van der Waals surface area contributed by atoms with Gasteiger partial charge in [-0.2, -0.15) is 13.2 Å². The summed E-state index contributed by atoms with van der Waals surface area (Å²) in [7, 11) is 2.03. The summed E-state index contributed by atoms with van der Waals surface area (Å²) in [5.74, 6) is 0.921. The van der Waals surface area contributed by atoms with Crippen LogP contribution in [-0.4, -0.2) is 55.7 Å². The first-order chi connectivity index (χ1) is 6.44. The van der Waals surface area contributed by atoms with Gasteiger partial charge in [0.15, 0.2) is 0 Å². The first-order valence-electron chi connectivity index (χ1n) is 4.92. The molecule has 2 heterocycles. The molecule has 0 unspecified atom stereocenters. The first kappa shape index (κ1) is 10.2. The summed E-state index contributed by atoms with van der Waals surface area (Å²) in [4.78, 5) is 3.75. The molecule has 0 radical (unpaired) electrons. The third-order valence-corrected chi connectivity index (χ3v) is 3.15. The van der Waals surface area contributed by atoms with Crippen LogP contribution in [0.15, 0.2) is 0 Å². The molecule has 2 nitrogen and oxygen atoms in total. The van der Waals surface area contributed by atoms with Crippen molar-refractivity contribution in [3.05, 3.63) is 0 Å². The van der Waals surface area contributed by atoms with Gasteiger partial charge in [0.1, 0.15) is 0 Å². The number of fused-ring (bicyclic) bond motifs is 1. The monoisotopic (exact) mass is 208 g/mol. The number of nitrogens with zero attached hydrogens (tertiary/aromatic N) is 2. The smallest absolute Gasteiger partial charge is 0.306 e. The van der Waals surface area contributed by atoms with Gasteiger partial charge in [0.2, 0.25) is 0 Å². The van der Waals surface area contributed by atoms with Gasteiger partial charge in [-0.05, 0) is 18.9 Å². The van der Waals surface area contributed by atoms with Gasteiger partial charge in [0.05, 0.1) is 6.54 Å². The molecule has 0 aromatic rings. The second kappa shape index (κ2) is 3.38. The molecule has 2 rings (SSSR count). The number of hydrogen-bond donors (Lipinski definition) is 0. The quantitative estimate of drug-likeness (QED) is 0.635. The van der Waals surface area contributed by atoms with Gasteiger partial charge in [0.25, 0.3) is 0 Å². The van der Waals surface area contributed by atoms with Crippen LogP contribution < -0.4 is 0 Å². The summed E-state index contributed by atoms with van der Waals surface area (Å²) in [5.41, 5.74) is 0. The predicted molar refractivity (Wildman–Crippen MR) is 47.0 cm³/mol. The molecule has 0 amide bonds. The van der Waals surface area contributed by atoms with Crippen molar-refractivity contribution in [1.29, 1.82) is 0 Å². The summed E-state index contributed by atoms with van der Waals surface area (Å²) in [6, 6.07) is 0. The van der Waals surface area contributed by atoms with Crippen molar-refractivity contribution in [2.75, 3.05) is 39.8 Å². The van der Waals surface area contributed by atoms with E-state index in [-0.39, 0.29) is 0 Å². The largest absolute Gasteiger partial charge is 0.401 e. The number of rotatable bonds is 1. The lowest BCUT2D eigenvalue weighted by Crippen LogP contribution is -2.34. The molecule has 2 aliphatic rings. The number of alkyl halides is 3. The molecule has 0 bridgehead atoms. The van der Waals surface area contributed by atoms with Gasteiger partial charge in [-0.1, -0.05) is 0 Å². The Kier molecular flexibility index (Phi) is 2.47. The lowest BCUT2D eigenvalue weighted by molar-refractivity contribution is -0.144. The van der Waals surface area contributed by atoms with Crippen LogP contribution >= 0.6 is 0 Å². The Labute approximate surface area is 81.7 Å². The van der Waals surface area contributed by atoms with Crippen molar-refractivity contribution in [1.82, 2.24) is 9.80 Å². The third kappa shape index (κ3) is 2.20. The first-order valence-corrected chi connectivity index (χ1v) is 4.92. The molecular weight excluding hydrogens is 193 g/mol. The Morgan fingerprint density at radius 1 is 1.07 bits per heavy atom. The van der Waals surface area contributed by atoms with E-state index in [1.54, 1.807) is 4.90 Å². The molecular formula is C9H15F3N2. The summed E-state index contributed by atoms with van der Waals surface area (Å²) in [6.07, 6.45) is -4.04. The highest BCUT2D eigenvalue weighted by atomic mass is 19.4. The summed E-state index contributed by atoms with van der Waals surface area (Å²) in [5, 5.41) is 0. The zero-order valence-electron chi connectivity index (χ0n) is 8.22. The van der Waals surface area contributed by atoms with E-state index in [9.17, 15) is 13.2 Å². The SMILES string of the molecule is CN1C[C@@H]2CN(CC(F)(F)F)C[C@@H]2C1. The Morgan fingerprint density at radius 2 is 1.57 bits per heavy atom. The van der Waals surface area contributed by atoms with E-state index < -0.39 is 12.7 Å². The van der Waals surface area contributed by atoms with E-state index in [1.807, 2.05) is 7.05 Å². The molecule has 82 valence electrons. The van der Waals surface area contributed by atoms with E-state index in [0.717, 1.165) is 13.1 Å². The molecule has 0 N–H and O–H groups in total. The van der Waals surface area contributed by atoms with Gasteiger partial charge < -0.3 is 4.90 Å². The summed E-state index contributed by atoms with van der Waals surface area (Å²) < 4.78 is 36.3. The van der Waals surface area contributed by atoms with Crippen LogP contribution in [0.2, 0.25) is 0 Å². The van der Waals surface area contributed by atoms with Crippen LogP contribution in [0.5, 0.6) is 0 Å². The Morgan fingerprint density at radius 3 is 2.00 bits per heavy atom. The van der Waals surface area contributed by atoms with Crippen molar-refractivity contribution in [2.45, 2.75) is 6.18 Å². The minimum Gasteiger partial charge on any atom is -0.306 e. The average molecular weight is 208 g/mol. The number of halogens is 3. The molecule has 2 aliphatic heterocycles. The molecule has 0 saturated carbocycles. The third-order valence-electron chi connectivity index (χ3n) is 3.15. The molecule has 0 aliphatic carbocycles. The van der Waals surface area contributed by atoms with Gasteiger partial charge in [-0.15, -0.1) is 0 Å². The van der Waals surface area contributed by atoms with Crippen LogP contribution in [0.25, 0.3) is 0 Å². The number of hydrogen-bond acceptors (Lipinski definition) is 2. The van der Waals surface area contributed by atoms with Crippen LogP contribution in [0.1, 0.15) is 0 Å². The van der Waals surface area contributed by atoms with Crippen molar-refractivity contribution >= 4 is 0 Å². The van der Waals surface area contributed by atoms with Gasteiger partial charge in [-0.3, -0.25) is 4.90 Å². The summed E-state index contributed by atoms with van der Waals surface area (Å²) in [6.45, 7) is 2.42. The van der Waals surface area contributed by atoms with Crippen LogP contribution in [-0.2, 0) is 0 Å². The van der Waals surface area contributed by atoms with Crippen molar-refractivity contribution in [2.24, 2.45) is 11.8 Å². The van der Waals surface area contributed by atoms with E-state index in [1.165, 1.54) is 0 Å². The second-order valence-corrected chi connectivity index (χ2v) is 4.55. The zero-order valence-corrected chi connectivity index (χ0v) is 8.22. The topological polar surface area (TPSA) is 6.48 Å². The van der Waals surface area contributed by atoms with Crippen molar-refractivity contribution in [3.8, 4) is 0 Å². The lowest BCUT2D eigenvalue weighted by atomic mass is 10.0. The molecule has 2 saturated heterocycles. The fraction of sp³-hybridized carbons (Fsp3) is 1.00. The maximum atomic E-state index is 12.1. The molecule has 5 heteroatoms. The molecule has 0 aromatic heterocycles. The highest BCUT2D eigenvalue weighted by Crippen LogP contribution is 2.31. The van der Waals surface area contributed by atoms with E-state index in [0.29, 0.717) is 24.9 Å². The molecule has 0 spiro atoms. The van der Waals surface area contributed by atoms with Gasteiger partial charge in [-0.25, -0.2) is 0 Å². The van der Waals surface area contributed by atoms with E-state index >= 15 is 0 Å². The Bertz CT molecular complexity index is 203. The highest BCUT2D eigenvalue weighted by Gasteiger charge is 2.42. The lowest BCUT2D eigenvalue weighted by Gasteiger charge is -2.20. The minimum atomic E-state index is -4.04. The fourth-order valence-corrected chi connectivity index (χ4v) is 2.71. The summed E-state index contributed by atoms with van der Waals surface area (Å²) >= 11 is 0. The van der Waals surface area contributed by atoms with Crippen LogP contribution in [0.4, 0.5) is 13.2 Å². The Hall–Kier alpha value is -0.290. The predicted octanol–water partition coefficient (Wildman–Crippen LogP) is 1.04.